The van der Waals surface area contributed by atoms with Crippen LogP contribution >= 0.6 is 11.6 Å². The third-order valence-corrected chi connectivity index (χ3v) is 4.93. The van der Waals surface area contributed by atoms with E-state index in [2.05, 4.69) is 26.0 Å². The number of nitrogens with one attached hydrogen (secondary N) is 3. The molecule has 0 saturated carbocycles. The average Bonchev–Trinajstić information content (AvgIpc) is 3.05. The first-order valence-corrected chi connectivity index (χ1v) is 9.33. The molecular formula is C20H20ClFN6O. The second kappa shape index (κ2) is 7.73. The third-order valence-electron chi connectivity index (χ3n) is 4.65. The lowest BCUT2D eigenvalue weighted by Gasteiger charge is -2.14. The normalized spacial score (nSPS) is 12.7. The van der Waals surface area contributed by atoms with Crippen LogP contribution in [0.5, 0.6) is 5.75 Å². The van der Waals surface area contributed by atoms with E-state index in [4.69, 9.17) is 16.3 Å². The first kappa shape index (κ1) is 19.2. The van der Waals surface area contributed by atoms with Gasteiger partial charge in [-0.15, -0.1) is 0 Å². The van der Waals surface area contributed by atoms with Crippen molar-refractivity contribution in [2.45, 2.75) is 13.5 Å². The number of anilines is 5. The maximum Gasteiger partial charge on any atom is 0.229 e. The number of methoxy groups -OCH3 is 1. The molecule has 0 bridgehead atoms. The monoisotopic (exact) mass is 414 g/mol. The minimum absolute atomic E-state index is 0.0763. The van der Waals surface area contributed by atoms with Crippen molar-refractivity contribution >= 4 is 40.4 Å². The molecule has 0 saturated heterocycles. The van der Waals surface area contributed by atoms with Crippen molar-refractivity contribution in [3.8, 4) is 5.75 Å². The van der Waals surface area contributed by atoms with E-state index >= 15 is 0 Å². The molecule has 4 rings (SSSR count). The van der Waals surface area contributed by atoms with Gasteiger partial charge in [0.25, 0.3) is 0 Å². The molecule has 0 aliphatic carbocycles. The topological polar surface area (TPSA) is 74.3 Å². The van der Waals surface area contributed by atoms with Gasteiger partial charge < -0.3 is 20.4 Å². The summed E-state index contributed by atoms with van der Waals surface area (Å²) in [5.74, 6) is 0.379. The molecule has 7 nitrogen and oxygen atoms in total. The highest BCUT2D eigenvalue weighted by atomic mass is 35.5. The van der Waals surface area contributed by atoms with Crippen LogP contribution in [0, 0.1) is 12.7 Å². The summed E-state index contributed by atoms with van der Waals surface area (Å²) in [6, 6.07) is 9.39. The molecule has 1 aromatic heterocycles. The first-order valence-electron chi connectivity index (χ1n) is 8.95. The molecular weight excluding hydrogens is 395 g/mol. The molecule has 3 N–H and O–H groups in total. The van der Waals surface area contributed by atoms with Crippen LogP contribution in [0.1, 0.15) is 11.1 Å². The van der Waals surface area contributed by atoms with Crippen molar-refractivity contribution in [1.29, 1.82) is 0 Å². The number of nitrogens with zero attached hydrogens (tertiary/aromatic N) is 3. The zero-order valence-corrected chi connectivity index (χ0v) is 16.9. The lowest BCUT2D eigenvalue weighted by molar-refractivity contribution is 0.412. The molecule has 150 valence electrons. The standard InChI is InChI=1S/C20H20ClFN6O/c1-11-6-14(7-15(21)18(11)29-3)26-20-23-10-16(22)19(27-20)25-13-5-4-12-9-24-28(2)17(12)8-13/h4-8,10,24H,9H2,1-3H3,(H2,23,25,26,27). The molecule has 1 aliphatic rings. The lowest BCUT2D eigenvalue weighted by atomic mass is 10.1. The summed E-state index contributed by atoms with van der Waals surface area (Å²) in [4.78, 5) is 8.28. The Morgan fingerprint density at radius 2 is 2.03 bits per heavy atom. The number of hydrogen-bond acceptors (Lipinski definition) is 7. The van der Waals surface area contributed by atoms with Gasteiger partial charge in [0, 0.05) is 25.0 Å². The van der Waals surface area contributed by atoms with E-state index in [9.17, 15) is 4.39 Å². The van der Waals surface area contributed by atoms with Crippen molar-refractivity contribution in [3.63, 3.8) is 0 Å². The van der Waals surface area contributed by atoms with Gasteiger partial charge in [0.05, 0.1) is 24.0 Å². The average molecular weight is 415 g/mol. The molecule has 2 heterocycles. The number of hydrazine groups is 1. The maximum absolute atomic E-state index is 14.3. The van der Waals surface area contributed by atoms with E-state index in [1.54, 1.807) is 13.2 Å². The number of halogens is 2. The Hall–Kier alpha value is -3.10. The molecule has 9 heteroatoms. The third kappa shape index (κ3) is 3.90. The Bertz CT molecular complexity index is 1050. The fraction of sp³-hybridized carbons (Fsp3) is 0.200. The highest BCUT2D eigenvalue weighted by molar-refractivity contribution is 6.32. The van der Waals surface area contributed by atoms with Crippen molar-refractivity contribution in [2.75, 3.05) is 29.8 Å². The summed E-state index contributed by atoms with van der Waals surface area (Å²) in [6.07, 6.45) is 1.12. The van der Waals surface area contributed by atoms with Gasteiger partial charge in [-0.2, -0.15) is 4.98 Å². The molecule has 0 radical (unpaired) electrons. The second-order valence-corrected chi connectivity index (χ2v) is 7.09. The smallest absolute Gasteiger partial charge is 0.229 e. The quantitative estimate of drug-likeness (QED) is 0.566. The van der Waals surface area contributed by atoms with Crippen LogP contribution < -0.4 is 25.8 Å². The van der Waals surface area contributed by atoms with Crippen LogP contribution in [0.4, 0.5) is 33.2 Å². The van der Waals surface area contributed by atoms with Gasteiger partial charge in [0.1, 0.15) is 5.75 Å². The van der Waals surface area contributed by atoms with Gasteiger partial charge >= 0.3 is 0 Å². The van der Waals surface area contributed by atoms with Crippen molar-refractivity contribution in [1.82, 2.24) is 15.4 Å². The molecule has 3 aromatic rings. The van der Waals surface area contributed by atoms with Crippen molar-refractivity contribution in [2.24, 2.45) is 0 Å². The number of hydrogen-bond donors (Lipinski definition) is 3. The van der Waals surface area contributed by atoms with E-state index in [0.717, 1.165) is 29.7 Å². The molecule has 0 amide bonds. The molecule has 0 fully saturated rings. The summed E-state index contributed by atoms with van der Waals surface area (Å²) in [5, 5.41) is 8.47. The number of benzene rings is 2. The second-order valence-electron chi connectivity index (χ2n) is 6.69. The van der Waals surface area contributed by atoms with Crippen molar-refractivity contribution < 1.29 is 9.13 Å². The van der Waals surface area contributed by atoms with Crippen LogP contribution in [0.2, 0.25) is 5.02 Å². The molecule has 2 aromatic carbocycles. The zero-order chi connectivity index (χ0) is 20.5. The van der Waals surface area contributed by atoms with Gasteiger partial charge in [0.2, 0.25) is 5.95 Å². The zero-order valence-electron chi connectivity index (χ0n) is 16.2. The Morgan fingerprint density at radius 1 is 1.21 bits per heavy atom. The van der Waals surface area contributed by atoms with Gasteiger partial charge in [-0.1, -0.05) is 17.7 Å². The number of rotatable bonds is 5. The summed E-state index contributed by atoms with van der Waals surface area (Å²) >= 11 is 6.24. The number of fused-ring (bicyclic) bond motifs is 1. The van der Waals surface area contributed by atoms with Crippen LogP contribution in [0.25, 0.3) is 0 Å². The summed E-state index contributed by atoms with van der Waals surface area (Å²) in [7, 11) is 3.50. The van der Waals surface area contributed by atoms with Crippen LogP contribution in [0.3, 0.4) is 0 Å². The minimum atomic E-state index is -0.550. The Kier molecular flexibility index (Phi) is 5.12. The van der Waals surface area contributed by atoms with Crippen LogP contribution in [0.15, 0.2) is 36.5 Å². The Morgan fingerprint density at radius 3 is 2.79 bits per heavy atom. The highest BCUT2D eigenvalue weighted by Gasteiger charge is 2.16. The Balaban J connectivity index is 1.58. The van der Waals surface area contributed by atoms with E-state index in [1.807, 2.05) is 43.2 Å². The number of ether oxygens (including phenoxy) is 1. The molecule has 29 heavy (non-hydrogen) atoms. The molecule has 0 atom stereocenters. The fourth-order valence-electron chi connectivity index (χ4n) is 3.23. The van der Waals surface area contributed by atoms with Crippen LogP contribution in [-0.4, -0.2) is 24.1 Å². The van der Waals surface area contributed by atoms with Crippen LogP contribution in [-0.2, 0) is 6.54 Å². The molecule has 0 unspecified atom stereocenters. The minimum Gasteiger partial charge on any atom is -0.495 e. The number of aryl methyl sites for hydroxylation is 1. The summed E-state index contributed by atoms with van der Waals surface area (Å²) in [5.41, 5.74) is 7.69. The Labute approximate surface area is 172 Å². The summed E-state index contributed by atoms with van der Waals surface area (Å²) in [6.45, 7) is 2.65. The first-order chi connectivity index (χ1) is 13.9. The van der Waals surface area contributed by atoms with Gasteiger partial charge in [-0.05, 0) is 42.3 Å². The predicted molar refractivity (Wildman–Crippen MR) is 113 cm³/mol. The lowest BCUT2D eigenvalue weighted by Crippen LogP contribution is -2.26. The molecule has 1 aliphatic heterocycles. The fourth-order valence-corrected chi connectivity index (χ4v) is 3.58. The number of aromatic nitrogens is 2. The largest absolute Gasteiger partial charge is 0.495 e. The summed E-state index contributed by atoms with van der Waals surface area (Å²) < 4.78 is 19.6. The highest BCUT2D eigenvalue weighted by Crippen LogP contribution is 2.33. The SMILES string of the molecule is COc1c(C)cc(Nc2ncc(F)c(Nc3ccc4c(c3)N(C)NC4)n2)cc1Cl. The van der Waals surface area contributed by atoms with E-state index in [1.165, 1.54) is 5.56 Å². The van der Waals surface area contributed by atoms with Gasteiger partial charge in [-0.25, -0.2) is 14.8 Å². The van der Waals surface area contributed by atoms with Crippen molar-refractivity contribution in [3.05, 3.63) is 58.5 Å². The molecule has 0 spiro atoms. The van der Waals surface area contributed by atoms with E-state index < -0.39 is 5.82 Å². The van der Waals surface area contributed by atoms with Gasteiger partial charge in [-0.3, -0.25) is 0 Å². The van der Waals surface area contributed by atoms with E-state index in [0.29, 0.717) is 16.5 Å². The van der Waals surface area contributed by atoms with Gasteiger partial charge in [0.15, 0.2) is 11.6 Å². The predicted octanol–water partition coefficient (Wildman–Crippen LogP) is 4.53. The van der Waals surface area contributed by atoms with E-state index in [-0.39, 0.29) is 11.8 Å². The maximum atomic E-state index is 14.3.